The van der Waals surface area contributed by atoms with Gasteiger partial charge in [0.15, 0.2) is 0 Å². The first-order chi connectivity index (χ1) is 6.79. The summed E-state index contributed by atoms with van der Waals surface area (Å²) in [5.41, 5.74) is 1.39. The Kier molecular flexibility index (Phi) is 3.19. The molecule has 0 fully saturated rings. The predicted molar refractivity (Wildman–Crippen MR) is 60.9 cm³/mol. The standard InChI is InChI=1S/C11H18N2S/c1-8-13-10-7-9(5-6-12-2)3-4-11(10)14-8/h9,12H,3-7H2,1-2H3. The Labute approximate surface area is 89.8 Å². The minimum Gasteiger partial charge on any atom is -0.320 e. The van der Waals surface area contributed by atoms with Crippen LogP contribution in [0.4, 0.5) is 0 Å². The van der Waals surface area contributed by atoms with Crippen molar-refractivity contribution in [3.8, 4) is 0 Å². The highest BCUT2D eigenvalue weighted by atomic mass is 32.1. The Hall–Kier alpha value is -0.410. The molecule has 1 aromatic rings. The first-order valence-corrected chi connectivity index (χ1v) is 6.21. The summed E-state index contributed by atoms with van der Waals surface area (Å²) in [6, 6.07) is 0. The molecule has 1 atom stereocenters. The molecule has 1 aliphatic carbocycles. The topological polar surface area (TPSA) is 24.9 Å². The summed E-state index contributed by atoms with van der Waals surface area (Å²) in [7, 11) is 2.03. The van der Waals surface area contributed by atoms with E-state index in [0.29, 0.717) is 0 Å². The normalized spacial score (nSPS) is 20.9. The quantitative estimate of drug-likeness (QED) is 0.827. The molecule has 2 rings (SSSR count). The van der Waals surface area contributed by atoms with Gasteiger partial charge in [-0.25, -0.2) is 4.98 Å². The van der Waals surface area contributed by atoms with Crippen LogP contribution in [-0.4, -0.2) is 18.6 Å². The molecule has 0 aliphatic heterocycles. The third-order valence-corrected chi connectivity index (χ3v) is 4.02. The highest BCUT2D eigenvalue weighted by Crippen LogP contribution is 2.30. The van der Waals surface area contributed by atoms with E-state index in [9.17, 15) is 0 Å². The zero-order chi connectivity index (χ0) is 9.97. The van der Waals surface area contributed by atoms with Crippen molar-refractivity contribution in [1.82, 2.24) is 10.3 Å². The molecule has 0 spiro atoms. The first kappa shape index (κ1) is 10.1. The number of fused-ring (bicyclic) bond motifs is 1. The zero-order valence-electron chi connectivity index (χ0n) is 8.97. The molecule has 1 aromatic heterocycles. The largest absolute Gasteiger partial charge is 0.320 e. The summed E-state index contributed by atoms with van der Waals surface area (Å²) in [5.74, 6) is 0.858. The number of nitrogens with one attached hydrogen (secondary N) is 1. The number of thiazole rings is 1. The van der Waals surface area contributed by atoms with Gasteiger partial charge in [-0.15, -0.1) is 11.3 Å². The molecular formula is C11H18N2S. The van der Waals surface area contributed by atoms with Crippen molar-refractivity contribution >= 4 is 11.3 Å². The van der Waals surface area contributed by atoms with Crippen LogP contribution in [-0.2, 0) is 12.8 Å². The lowest BCUT2D eigenvalue weighted by molar-refractivity contribution is 0.419. The van der Waals surface area contributed by atoms with Gasteiger partial charge in [0.05, 0.1) is 10.7 Å². The Bertz CT molecular complexity index is 306. The molecule has 1 N–H and O–H groups in total. The van der Waals surface area contributed by atoms with Crippen molar-refractivity contribution in [2.24, 2.45) is 5.92 Å². The minimum absolute atomic E-state index is 0.858. The van der Waals surface area contributed by atoms with E-state index in [2.05, 4.69) is 17.2 Å². The van der Waals surface area contributed by atoms with Crippen LogP contribution in [0.2, 0.25) is 0 Å². The SMILES string of the molecule is CNCCC1CCc2sc(C)nc2C1. The summed E-state index contributed by atoms with van der Waals surface area (Å²) in [4.78, 5) is 6.15. The number of aromatic nitrogens is 1. The summed E-state index contributed by atoms with van der Waals surface area (Å²) in [6.07, 6.45) is 5.12. The van der Waals surface area contributed by atoms with Crippen LogP contribution in [0.5, 0.6) is 0 Å². The van der Waals surface area contributed by atoms with Gasteiger partial charge in [0.25, 0.3) is 0 Å². The Morgan fingerprint density at radius 3 is 3.21 bits per heavy atom. The van der Waals surface area contributed by atoms with E-state index < -0.39 is 0 Å². The van der Waals surface area contributed by atoms with E-state index in [0.717, 1.165) is 12.5 Å². The predicted octanol–water partition coefficient (Wildman–Crippen LogP) is 2.17. The average molecular weight is 210 g/mol. The fourth-order valence-electron chi connectivity index (χ4n) is 2.17. The maximum Gasteiger partial charge on any atom is 0.0900 e. The van der Waals surface area contributed by atoms with E-state index in [1.54, 1.807) is 4.88 Å². The molecule has 3 heteroatoms. The summed E-state index contributed by atoms with van der Waals surface area (Å²) in [5, 5.41) is 4.47. The number of rotatable bonds is 3. The van der Waals surface area contributed by atoms with Gasteiger partial charge in [-0.2, -0.15) is 0 Å². The smallest absolute Gasteiger partial charge is 0.0900 e. The summed E-state index contributed by atoms with van der Waals surface area (Å²) >= 11 is 1.89. The van der Waals surface area contributed by atoms with Crippen molar-refractivity contribution in [2.75, 3.05) is 13.6 Å². The third-order valence-electron chi connectivity index (χ3n) is 2.95. The van der Waals surface area contributed by atoms with Crippen LogP contribution in [0.1, 0.15) is 28.4 Å². The van der Waals surface area contributed by atoms with E-state index in [-0.39, 0.29) is 0 Å². The van der Waals surface area contributed by atoms with Crippen LogP contribution >= 0.6 is 11.3 Å². The number of aryl methyl sites for hydroxylation is 2. The Morgan fingerprint density at radius 1 is 1.57 bits per heavy atom. The zero-order valence-corrected chi connectivity index (χ0v) is 9.78. The van der Waals surface area contributed by atoms with Gasteiger partial charge in [-0.05, 0) is 52.1 Å². The molecule has 2 nitrogen and oxygen atoms in total. The summed E-state index contributed by atoms with van der Waals surface area (Å²) < 4.78 is 0. The van der Waals surface area contributed by atoms with Crippen molar-refractivity contribution in [1.29, 1.82) is 0 Å². The lowest BCUT2D eigenvalue weighted by atomic mass is 9.88. The van der Waals surface area contributed by atoms with Crippen molar-refractivity contribution < 1.29 is 0 Å². The third kappa shape index (κ3) is 2.15. The van der Waals surface area contributed by atoms with E-state index >= 15 is 0 Å². The van der Waals surface area contributed by atoms with Crippen LogP contribution in [0.15, 0.2) is 0 Å². The molecule has 0 saturated heterocycles. The maximum atomic E-state index is 4.61. The van der Waals surface area contributed by atoms with Crippen molar-refractivity contribution in [3.05, 3.63) is 15.6 Å². The Morgan fingerprint density at radius 2 is 2.43 bits per heavy atom. The maximum absolute atomic E-state index is 4.61. The molecule has 0 bridgehead atoms. The van der Waals surface area contributed by atoms with Gasteiger partial charge >= 0.3 is 0 Å². The number of hydrogen-bond acceptors (Lipinski definition) is 3. The van der Waals surface area contributed by atoms with Gasteiger partial charge in [-0.3, -0.25) is 0 Å². The molecular weight excluding hydrogens is 192 g/mol. The molecule has 0 saturated carbocycles. The molecule has 1 unspecified atom stereocenters. The number of hydrogen-bond donors (Lipinski definition) is 1. The fraction of sp³-hybridized carbons (Fsp3) is 0.727. The molecule has 78 valence electrons. The molecule has 1 aliphatic rings. The van der Waals surface area contributed by atoms with E-state index in [1.807, 2.05) is 18.4 Å². The van der Waals surface area contributed by atoms with Gasteiger partial charge in [0.2, 0.25) is 0 Å². The Balaban J connectivity index is 1.98. The lowest BCUT2D eigenvalue weighted by Crippen LogP contribution is -2.18. The van der Waals surface area contributed by atoms with Gasteiger partial charge < -0.3 is 5.32 Å². The van der Waals surface area contributed by atoms with Crippen molar-refractivity contribution in [3.63, 3.8) is 0 Å². The minimum atomic E-state index is 0.858. The van der Waals surface area contributed by atoms with Crippen LogP contribution in [0.3, 0.4) is 0 Å². The number of nitrogens with zero attached hydrogens (tertiary/aromatic N) is 1. The monoisotopic (exact) mass is 210 g/mol. The fourth-order valence-corrected chi connectivity index (χ4v) is 3.15. The van der Waals surface area contributed by atoms with E-state index in [1.165, 1.54) is 36.4 Å². The highest BCUT2D eigenvalue weighted by Gasteiger charge is 2.21. The second-order valence-corrected chi connectivity index (χ2v) is 5.39. The van der Waals surface area contributed by atoms with Gasteiger partial charge in [-0.1, -0.05) is 0 Å². The lowest BCUT2D eigenvalue weighted by Gasteiger charge is -2.20. The van der Waals surface area contributed by atoms with Gasteiger partial charge in [0, 0.05) is 4.88 Å². The molecule has 0 aromatic carbocycles. The molecule has 0 amide bonds. The average Bonchev–Trinajstić information content (AvgIpc) is 2.54. The molecule has 14 heavy (non-hydrogen) atoms. The first-order valence-electron chi connectivity index (χ1n) is 5.39. The van der Waals surface area contributed by atoms with Crippen LogP contribution in [0.25, 0.3) is 0 Å². The second kappa shape index (κ2) is 4.41. The van der Waals surface area contributed by atoms with Gasteiger partial charge in [0.1, 0.15) is 0 Å². The second-order valence-electron chi connectivity index (χ2n) is 4.10. The van der Waals surface area contributed by atoms with E-state index in [4.69, 9.17) is 0 Å². The van der Waals surface area contributed by atoms with Crippen molar-refractivity contribution in [2.45, 2.75) is 32.6 Å². The summed E-state index contributed by atoms with van der Waals surface area (Å²) in [6.45, 7) is 3.26. The molecule has 1 heterocycles. The van der Waals surface area contributed by atoms with Crippen LogP contribution < -0.4 is 5.32 Å². The highest BCUT2D eigenvalue weighted by molar-refractivity contribution is 7.11. The van der Waals surface area contributed by atoms with Crippen LogP contribution in [0, 0.1) is 12.8 Å². The molecule has 0 radical (unpaired) electrons.